The van der Waals surface area contributed by atoms with Crippen molar-refractivity contribution in [1.29, 1.82) is 0 Å². The van der Waals surface area contributed by atoms with Gasteiger partial charge in [-0.2, -0.15) is 0 Å². The average molecular weight is 294 g/mol. The molecule has 0 aliphatic heterocycles. The number of benzene rings is 1. The largest absolute Gasteiger partial charge is 0.303 e. The van der Waals surface area contributed by atoms with Crippen molar-refractivity contribution in [2.24, 2.45) is 0 Å². The van der Waals surface area contributed by atoms with Crippen molar-refractivity contribution in [3.05, 3.63) is 65.0 Å². The molecule has 0 fully saturated rings. The Morgan fingerprint density at radius 3 is 2.82 bits per heavy atom. The SMILES string of the molecule is CC(NCc1cccnc1)C(=O)c1ccc2c(c1)CCCC2. The molecule has 0 radical (unpaired) electrons. The van der Waals surface area contributed by atoms with Crippen molar-refractivity contribution in [3.8, 4) is 0 Å². The summed E-state index contributed by atoms with van der Waals surface area (Å²) >= 11 is 0. The molecule has 0 amide bonds. The monoisotopic (exact) mass is 294 g/mol. The van der Waals surface area contributed by atoms with Gasteiger partial charge in [0.05, 0.1) is 6.04 Å². The molecule has 22 heavy (non-hydrogen) atoms. The van der Waals surface area contributed by atoms with Crippen LogP contribution in [0.3, 0.4) is 0 Å². The first-order chi connectivity index (χ1) is 10.7. The van der Waals surface area contributed by atoms with Gasteiger partial charge in [-0.1, -0.05) is 18.2 Å². The summed E-state index contributed by atoms with van der Waals surface area (Å²) in [6.45, 7) is 2.59. The van der Waals surface area contributed by atoms with Crippen LogP contribution in [0.5, 0.6) is 0 Å². The summed E-state index contributed by atoms with van der Waals surface area (Å²) in [5, 5.41) is 3.29. The number of carbonyl (C=O) groups excluding carboxylic acids is 1. The second kappa shape index (κ2) is 6.84. The Kier molecular flexibility index (Phi) is 4.64. The molecule has 1 aliphatic carbocycles. The molecule has 3 rings (SSSR count). The minimum atomic E-state index is -0.193. The Morgan fingerprint density at radius 1 is 1.23 bits per heavy atom. The lowest BCUT2D eigenvalue weighted by Crippen LogP contribution is -2.33. The number of aryl methyl sites for hydroxylation is 2. The van der Waals surface area contributed by atoms with E-state index in [9.17, 15) is 4.79 Å². The number of Topliss-reactive ketones (excluding diaryl/α,β-unsaturated/α-hetero) is 1. The topological polar surface area (TPSA) is 42.0 Å². The van der Waals surface area contributed by atoms with E-state index in [2.05, 4.69) is 22.4 Å². The fourth-order valence-corrected chi connectivity index (χ4v) is 3.00. The minimum absolute atomic E-state index is 0.164. The third-order valence-electron chi connectivity index (χ3n) is 4.36. The molecule has 0 bridgehead atoms. The Morgan fingerprint density at radius 2 is 2.05 bits per heavy atom. The Hall–Kier alpha value is -2.00. The van der Waals surface area contributed by atoms with Crippen LogP contribution in [0.4, 0.5) is 0 Å². The quantitative estimate of drug-likeness (QED) is 0.860. The lowest BCUT2D eigenvalue weighted by molar-refractivity contribution is 0.0950. The maximum absolute atomic E-state index is 12.6. The second-order valence-electron chi connectivity index (χ2n) is 6.02. The summed E-state index contributed by atoms with van der Waals surface area (Å²) in [4.78, 5) is 16.7. The number of nitrogens with one attached hydrogen (secondary N) is 1. The van der Waals surface area contributed by atoms with Crippen LogP contribution in [0, 0.1) is 0 Å². The highest BCUT2D eigenvalue weighted by atomic mass is 16.1. The van der Waals surface area contributed by atoms with Gasteiger partial charge in [0.2, 0.25) is 0 Å². The van der Waals surface area contributed by atoms with Crippen molar-refractivity contribution in [2.45, 2.75) is 45.2 Å². The normalized spacial score (nSPS) is 15.1. The summed E-state index contributed by atoms with van der Waals surface area (Å²) in [6.07, 6.45) is 8.34. The van der Waals surface area contributed by atoms with Crippen LogP contribution in [-0.4, -0.2) is 16.8 Å². The van der Waals surface area contributed by atoms with Gasteiger partial charge < -0.3 is 5.32 Å². The van der Waals surface area contributed by atoms with Crippen LogP contribution in [0.15, 0.2) is 42.7 Å². The molecule has 1 heterocycles. The number of nitrogens with zero attached hydrogens (tertiary/aromatic N) is 1. The maximum atomic E-state index is 12.6. The zero-order chi connectivity index (χ0) is 15.4. The molecule has 1 N–H and O–H groups in total. The van der Waals surface area contributed by atoms with E-state index >= 15 is 0 Å². The molecule has 1 atom stereocenters. The van der Waals surface area contributed by atoms with Gasteiger partial charge >= 0.3 is 0 Å². The molecule has 0 saturated carbocycles. The van der Waals surface area contributed by atoms with E-state index in [1.54, 1.807) is 6.20 Å². The number of ketones is 1. The van der Waals surface area contributed by atoms with Gasteiger partial charge in [-0.25, -0.2) is 0 Å². The van der Waals surface area contributed by atoms with E-state index in [0.717, 1.165) is 24.0 Å². The van der Waals surface area contributed by atoms with Gasteiger partial charge in [-0.3, -0.25) is 9.78 Å². The van der Waals surface area contributed by atoms with Gasteiger partial charge in [-0.15, -0.1) is 0 Å². The number of hydrogen-bond acceptors (Lipinski definition) is 3. The Labute approximate surface area is 131 Å². The standard InChI is InChI=1S/C19H22N2O/c1-14(21-13-15-5-4-10-20-12-15)19(22)18-9-8-16-6-2-3-7-17(16)11-18/h4-5,8-12,14,21H,2-3,6-7,13H2,1H3. The number of carbonyl (C=O) groups is 1. The summed E-state index contributed by atoms with van der Waals surface area (Å²) in [5.41, 5.74) is 4.69. The average Bonchev–Trinajstić information content (AvgIpc) is 2.59. The van der Waals surface area contributed by atoms with Crippen molar-refractivity contribution < 1.29 is 4.79 Å². The maximum Gasteiger partial charge on any atom is 0.179 e. The van der Waals surface area contributed by atoms with Crippen molar-refractivity contribution in [2.75, 3.05) is 0 Å². The number of fused-ring (bicyclic) bond motifs is 1. The molecule has 1 aromatic carbocycles. The van der Waals surface area contributed by atoms with Crippen LogP contribution in [-0.2, 0) is 19.4 Å². The Balaban J connectivity index is 1.65. The molecular formula is C19H22N2O. The molecule has 0 saturated heterocycles. The van der Waals surface area contributed by atoms with Gasteiger partial charge in [0, 0.05) is 24.5 Å². The van der Waals surface area contributed by atoms with Crippen LogP contribution in [0.25, 0.3) is 0 Å². The van der Waals surface area contributed by atoms with Crippen LogP contribution < -0.4 is 5.32 Å². The highest BCUT2D eigenvalue weighted by Crippen LogP contribution is 2.22. The van der Waals surface area contributed by atoms with E-state index in [-0.39, 0.29) is 11.8 Å². The van der Waals surface area contributed by atoms with Gasteiger partial charge in [-0.05, 0) is 61.4 Å². The number of hydrogen-bond donors (Lipinski definition) is 1. The van der Waals surface area contributed by atoms with Gasteiger partial charge in [0.25, 0.3) is 0 Å². The first-order valence-electron chi connectivity index (χ1n) is 8.02. The first kappa shape index (κ1) is 14.9. The third kappa shape index (κ3) is 3.42. The number of pyridine rings is 1. The van der Waals surface area contributed by atoms with Crippen LogP contribution >= 0.6 is 0 Å². The van der Waals surface area contributed by atoms with Crippen LogP contribution in [0.1, 0.15) is 46.8 Å². The van der Waals surface area contributed by atoms with Gasteiger partial charge in [0.15, 0.2) is 5.78 Å². The number of aromatic nitrogens is 1. The van der Waals surface area contributed by atoms with E-state index in [4.69, 9.17) is 0 Å². The lowest BCUT2D eigenvalue weighted by Gasteiger charge is -2.18. The van der Waals surface area contributed by atoms with Crippen LogP contribution in [0.2, 0.25) is 0 Å². The molecule has 3 heteroatoms. The van der Waals surface area contributed by atoms with E-state index in [1.165, 1.54) is 24.0 Å². The molecule has 1 aromatic heterocycles. The first-order valence-corrected chi connectivity index (χ1v) is 8.02. The fourth-order valence-electron chi connectivity index (χ4n) is 3.00. The smallest absolute Gasteiger partial charge is 0.179 e. The molecule has 0 spiro atoms. The molecular weight excluding hydrogens is 272 g/mol. The summed E-state index contributed by atoms with van der Waals surface area (Å²) in [5.74, 6) is 0.164. The van der Waals surface area contributed by atoms with Gasteiger partial charge in [0.1, 0.15) is 0 Å². The lowest BCUT2D eigenvalue weighted by atomic mass is 9.89. The summed E-state index contributed by atoms with van der Waals surface area (Å²) in [6, 6.07) is 9.94. The summed E-state index contributed by atoms with van der Waals surface area (Å²) in [7, 11) is 0. The Bertz CT molecular complexity index is 652. The van der Waals surface area contributed by atoms with E-state index in [0.29, 0.717) is 6.54 Å². The molecule has 1 aliphatic rings. The fraction of sp³-hybridized carbons (Fsp3) is 0.368. The minimum Gasteiger partial charge on any atom is -0.303 e. The molecule has 2 aromatic rings. The van der Waals surface area contributed by atoms with Crippen molar-refractivity contribution in [1.82, 2.24) is 10.3 Å². The molecule has 3 nitrogen and oxygen atoms in total. The molecule has 114 valence electrons. The number of rotatable bonds is 5. The predicted octanol–water partition coefficient (Wildman–Crippen LogP) is 3.32. The second-order valence-corrected chi connectivity index (χ2v) is 6.02. The summed E-state index contributed by atoms with van der Waals surface area (Å²) < 4.78 is 0. The third-order valence-corrected chi connectivity index (χ3v) is 4.36. The van der Waals surface area contributed by atoms with Crippen molar-refractivity contribution >= 4 is 5.78 Å². The van der Waals surface area contributed by atoms with Crippen molar-refractivity contribution in [3.63, 3.8) is 0 Å². The predicted molar refractivity (Wildman–Crippen MR) is 88.0 cm³/mol. The zero-order valence-electron chi connectivity index (χ0n) is 13.0. The molecule has 1 unspecified atom stereocenters. The highest BCUT2D eigenvalue weighted by molar-refractivity contribution is 6.00. The zero-order valence-corrected chi connectivity index (χ0v) is 13.0. The van der Waals surface area contributed by atoms with E-state index in [1.807, 2.05) is 31.3 Å². The van der Waals surface area contributed by atoms with E-state index < -0.39 is 0 Å². The highest BCUT2D eigenvalue weighted by Gasteiger charge is 2.17.